The molecular formula is C16H19ClN2O2. The third-order valence-electron chi connectivity index (χ3n) is 4.04. The smallest absolute Gasteiger partial charge is 0.261 e. The molecular weight excluding hydrogens is 288 g/mol. The summed E-state index contributed by atoms with van der Waals surface area (Å²) in [6.07, 6.45) is 1.97. The van der Waals surface area contributed by atoms with Crippen LogP contribution in [0.1, 0.15) is 37.9 Å². The van der Waals surface area contributed by atoms with Crippen molar-refractivity contribution < 1.29 is 4.74 Å². The second-order valence-electron chi connectivity index (χ2n) is 5.90. The summed E-state index contributed by atoms with van der Waals surface area (Å²) in [6.45, 7) is 5.13. The number of ether oxygens (including phenoxy) is 1. The third-order valence-corrected chi connectivity index (χ3v) is 4.24. The van der Waals surface area contributed by atoms with Crippen LogP contribution in [0.5, 0.6) is 0 Å². The molecule has 0 spiro atoms. The number of fused-ring (bicyclic) bond motifs is 1. The van der Waals surface area contributed by atoms with Gasteiger partial charge in [0.1, 0.15) is 5.82 Å². The van der Waals surface area contributed by atoms with Gasteiger partial charge in [0, 0.05) is 6.61 Å². The van der Waals surface area contributed by atoms with E-state index in [9.17, 15) is 4.79 Å². The van der Waals surface area contributed by atoms with Crippen molar-refractivity contribution in [1.29, 1.82) is 0 Å². The van der Waals surface area contributed by atoms with Gasteiger partial charge in [-0.25, -0.2) is 4.98 Å². The molecule has 21 heavy (non-hydrogen) atoms. The molecule has 4 nitrogen and oxygen atoms in total. The molecule has 2 unspecified atom stereocenters. The molecule has 1 aliphatic rings. The largest absolute Gasteiger partial charge is 0.373 e. The molecule has 2 heterocycles. The fourth-order valence-corrected chi connectivity index (χ4v) is 3.10. The standard InChI is InChI=1S/C16H19ClN2O2/c1-11(17)14-18-13-7-4-3-6-12(13)15(20)19(14)10-16(2)8-5-9-21-16/h3-4,6-7,11H,5,8-10H2,1-2H3. The Kier molecular flexibility index (Phi) is 3.76. The highest BCUT2D eigenvalue weighted by molar-refractivity contribution is 6.20. The van der Waals surface area contributed by atoms with Crippen LogP contribution in [0.4, 0.5) is 0 Å². The fraction of sp³-hybridized carbons (Fsp3) is 0.500. The zero-order valence-corrected chi connectivity index (χ0v) is 13.1. The van der Waals surface area contributed by atoms with Crippen molar-refractivity contribution in [3.63, 3.8) is 0 Å². The highest BCUT2D eigenvalue weighted by Crippen LogP contribution is 2.28. The number of para-hydroxylation sites is 1. The molecule has 1 fully saturated rings. The molecule has 0 N–H and O–H groups in total. The van der Waals surface area contributed by atoms with E-state index < -0.39 is 0 Å². The molecule has 0 aliphatic carbocycles. The van der Waals surface area contributed by atoms with Crippen molar-refractivity contribution in [3.05, 3.63) is 40.4 Å². The van der Waals surface area contributed by atoms with E-state index in [0.29, 0.717) is 23.3 Å². The van der Waals surface area contributed by atoms with Gasteiger partial charge in [-0.15, -0.1) is 11.6 Å². The van der Waals surface area contributed by atoms with Gasteiger partial charge in [0.25, 0.3) is 5.56 Å². The quantitative estimate of drug-likeness (QED) is 0.818. The number of halogens is 1. The second-order valence-corrected chi connectivity index (χ2v) is 6.55. The Hall–Kier alpha value is -1.39. The Morgan fingerprint density at radius 1 is 1.48 bits per heavy atom. The summed E-state index contributed by atoms with van der Waals surface area (Å²) in [7, 11) is 0. The van der Waals surface area contributed by atoms with E-state index in [1.807, 2.05) is 38.1 Å². The van der Waals surface area contributed by atoms with Gasteiger partial charge in [0.2, 0.25) is 0 Å². The summed E-state index contributed by atoms with van der Waals surface area (Å²) in [6, 6.07) is 7.38. The minimum absolute atomic E-state index is 0.0418. The van der Waals surface area contributed by atoms with Crippen LogP contribution in [0, 0.1) is 0 Å². The van der Waals surface area contributed by atoms with Crippen molar-refractivity contribution in [2.75, 3.05) is 6.61 Å². The van der Waals surface area contributed by atoms with Gasteiger partial charge < -0.3 is 4.74 Å². The molecule has 0 saturated carbocycles. The van der Waals surface area contributed by atoms with Crippen molar-refractivity contribution in [1.82, 2.24) is 9.55 Å². The van der Waals surface area contributed by atoms with Crippen molar-refractivity contribution in [2.45, 2.75) is 44.2 Å². The van der Waals surface area contributed by atoms with E-state index in [2.05, 4.69) is 4.98 Å². The summed E-state index contributed by atoms with van der Waals surface area (Å²) in [4.78, 5) is 17.4. The molecule has 0 amide bonds. The minimum Gasteiger partial charge on any atom is -0.373 e. The number of nitrogens with zero attached hydrogens (tertiary/aromatic N) is 2. The fourth-order valence-electron chi connectivity index (χ4n) is 2.94. The van der Waals surface area contributed by atoms with Gasteiger partial charge in [0.05, 0.1) is 28.4 Å². The van der Waals surface area contributed by atoms with Crippen LogP contribution < -0.4 is 5.56 Å². The van der Waals surface area contributed by atoms with Crippen LogP contribution in [0.15, 0.2) is 29.1 Å². The number of benzene rings is 1. The summed E-state index contributed by atoms with van der Waals surface area (Å²) in [5, 5.41) is 0.299. The van der Waals surface area contributed by atoms with Crippen molar-refractivity contribution >= 4 is 22.5 Å². The molecule has 1 saturated heterocycles. The third kappa shape index (κ3) is 2.70. The average Bonchev–Trinajstić information content (AvgIpc) is 2.88. The summed E-state index contributed by atoms with van der Waals surface area (Å²) in [5.74, 6) is 0.608. The number of aromatic nitrogens is 2. The van der Waals surface area contributed by atoms with Gasteiger partial charge in [-0.05, 0) is 38.8 Å². The molecule has 0 radical (unpaired) electrons. The Morgan fingerprint density at radius 2 is 2.24 bits per heavy atom. The number of hydrogen-bond donors (Lipinski definition) is 0. The van der Waals surface area contributed by atoms with E-state index in [1.165, 1.54) is 0 Å². The zero-order chi connectivity index (χ0) is 15.0. The van der Waals surface area contributed by atoms with Crippen LogP contribution in [0.25, 0.3) is 10.9 Å². The SMILES string of the molecule is CC(Cl)c1nc2ccccc2c(=O)n1CC1(C)CCCO1. The van der Waals surface area contributed by atoms with E-state index >= 15 is 0 Å². The lowest BCUT2D eigenvalue weighted by molar-refractivity contribution is 0.00473. The molecule has 112 valence electrons. The molecule has 2 aromatic rings. The van der Waals surface area contributed by atoms with Gasteiger partial charge in [-0.2, -0.15) is 0 Å². The lowest BCUT2D eigenvalue weighted by Gasteiger charge is -2.26. The van der Waals surface area contributed by atoms with Crippen LogP contribution in [0.3, 0.4) is 0 Å². The van der Waals surface area contributed by atoms with E-state index in [1.54, 1.807) is 4.57 Å². The number of rotatable bonds is 3. The first-order chi connectivity index (χ1) is 10.0. The maximum Gasteiger partial charge on any atom is 0.261 e. The lowest BCUT2D eigenvalue weighted by Crippen LogP contribution is -2.37. The predicted molar refractivity (Wildman–Crippen MR) is 83.9 cm³/mol. The van der Waals surface area contributed by atoms with Crippen molar-refractivity contribution in [2.24, 2.45) is 0 Å². The van der Waals surface area contributed by atoms with Gasteiger partial charge in [-0.3, -0.25) is 9.36 Å². The maximum absolute atomic E-state index is 12.8. The first kappa shape index (κ1) is 14.5. The summed E-state index contributed by atoms with van der Waals surface area (Å²) in [5.41, 5.74) is 0.340. The van der Waals surface area contributed by atoms with Crippen LogP contribution >= 0.6 is 11.6 Å². The molecule has 2 atom stereocenters. The average molecular weight is 307 g/mol. The van der Waals surface area contributed by atoms with Crippen LogP contribution in [-0.4, -0.2) is 21.8 Å². The molecule has 1 aromatic carbocycles. The summed E-state index contributed by atoms with van der Waals surface area (Å²) >= 11 is 6.25. The molecule has 3 rings (SSSR count). The topological polar surface area (TPSA) is 44.1 Å². The summed E-state index contributed by atoms with van der Waals surface area (Å²) < 4.78 is 7.50. The van der Waals surface area contributed by atoms with Crippen LogP contribution in [0.2, 0.25) is 0 Å². The number of alkyl halides is 1. The second kappa shape index (κ2) is 5.43. The highest BCUT2D eigenvalue weighted by Gasteiger charge is 2.32. The van der Waals surface area contributed by atoms with Crippen LogP contribution in [-0.2, 0) is 11.3 Å². The normalized spacial score (nSPS) is 23.6. The molecule has 5 heteroatoms. The van der Waals surface area contributed by atoms with E-state index in [0.717, 1.165) is 19.4 Å². The van der Waals surface area contributed by atoms with E-state index in [4.69, 9.17) is 16.3 Å². The van der Waals surface area contributed by atoms with Gasteiger partial charge >= 0.3 is 0 Å². The van der Waals surface area contributed by atoms with E-state index in [-0.39, 0.29) is 16.5 Å². The monoisotopic (exact) mass is 306 g/mol. The zero-order valence-electron chi connectivity index (χ0n) is 12.3. The maximum atomic E-state index is 12.8. The molecule has 1 aliphatic heterocycles. The first-order valence-corrected chi connectivity index (χ1v) is 7.71. The first-order valence-electron chi connectivity index (χ1n) is 7.28. The minimum atomic E-state index is -0.327. The predicted octanol–water partition coefficient (Wildman–Crippen LogP) is 3.27. The molecule has 1 aromatic heterocycles. The van der Waals surface area contributed by atoms with Crippen molar-refractivity contribution in [3.8, 4) is 0 Å². The Labute approximate surface area is 128 Å². The van der Waals surface area contributed by atoms with Gasteiger partial charge in [0.15, 0.2) is 0 Å². The number of hydrogen-bond acceptors (Lipinski definition) is 3. The highest BCUT2D eigenvalue weighted by atomic mass is 35.5. The lowest BCUT2D eigenvalue weighted by atomic mass is 10.0. The Balaban J connectivity index is 2.17. The Bertz CT molecular complexity index is 718. The molecule has 0 bridgehead atoms. The Morgan fingerprint density at radius 3 is 2.90 bits per heavy atom. The van der Waals surface area contributed by atoms with Gasteiger partial charge in [-0.1, -0.05) is 12.1 Å².